The van der Waals surface area contributed by atoms with Gasteiger partial charge in [-0.15, -0.1) is 0 Å². The zero-order valence-electron chi connectivity index (χ0n) is 13.5. The highest BCUT2D eigenvalue weighted by atomic mass is 35.5. The van der Waals surface area contributed by atoms with Crippen LogP contribution in [-0.4, -0.2) is 12.1 Å². The van der Waals surface area contributed by atoms with Gasteiger partial charge in [0, 0.05) is 10.6 Å². The molecule has 1 atom stereocenters. The van der Waals surface area contributed by atoms with Gasteiger partial charge < -0.3 is 5.32 Å². The Morgan fingerprint density at radius 3 is 2.25 bits per heavy atom. The van der Waals surface area contributed by atoms with Crippen molar-refractivity contribution < 1.29 is 4.39 Å². The van der Waals surface area contributed by atoms with E-state index >= 15 is 0 Å². The van der Waals surface area contributed by atoms with Crippen molar-refractivity contribution in [2.75, 3.05) is 6.54 Å². The third-order valence-corrected chi connectivity index (χ3v) is 3.81. The number of hydrogen-bond donors (Lipinski definition) is 1. The van der Waals surface area contributed by atoms with E-state index < -0.39 is 0 Å². The van der Waals surface area contributed by atoms with Crippen LogP contribution in [0.5, 0.6) is 0 Å². The molecular weight excluding hydrogens is 273 g/mol. The molecule has 1 aromatic rings. The van der Waals surface area contributed by atoms with Crippen LogP contribution >= 0.6 is 11.6 Å². The highest BCUT2D eigenvalue weighted by molar-refractivity contribution is 6.30. The van der Waals surface area contributed by atoms with Crippen LogP contribution in [0.3, 0.4) is 0 Å². The first kappa shape index (κ1) is 17.5. The highest BCUT2D eigenvalue weighted by Crippen LogP contribution is 2.30. The molecule has 0 spiro atoms. The van der Waals surface area contributed by atoms with Crippen LogP contribution < -0.4 is 5.32 Å². The first-order valence-corrected chi connectivity index (χ1v) is 7.56. The zero-order chi connectivity index (χ0) is 15.6. The maximum atomic E-state index is 13.9. The number of hydrogen-bond acceptors (Lipinski definition) is 1. The Morgan fingerprint density at radius 1 is 1.15 bits per heavy atom. The van der Waals surface area contributed by atoms with Crippen molar-refractivity contribution in [1.29, 1.82) is 0 Å². The monoisotopic (exact) mass is 299 g/mol. The Balaban J connectivity index is 2.87. The normalized spacial score (nSPS) is 14.4. The summed E-state index contributed by atoms with van der Waals surface area (Å²) in [4.78, 5) is 0. The van der Waals surface area contributed by atoms with Crippen molar-refractivity contribution in [3.63, 3.8) is 0 Å². The summed E-state index contributed by atoms with van der Waals surface area (Å²) in [5, 5.41) is 4.12. The van der Waals surface area contributed by atoms with E-state index in [2.05, 4.69) is 46.9 Å². The summed E-state index contributed by atoms with van der Waals surface area (Å²) in [6, 6.07) is 4.79. The molecule has 1 rings (SSSR count). The Labute approximate surface area is 127 Å². The van der Waals surface area contributed by atoms with Gasteiger partial charge in [0.05, 0.1) is 0 Å². The highest BCUT2D eigenvalue weighted by Gasteiger charge is 2.27. The fourth-order valence-electron chi connectivity index (χ4n) is 2.08. The average molecular weight is 300 g/mol. The van der Waals surface area contributed by atoms with Gasteiger partial charge in [-0.1, -0.05) is 32.4 Å². The Bertz CT molecular complexity index is 443. The van der Waals surface area contributed by atoms with E-state index in [0.717, 1.165) is 6.54 Å². The molecule has 1 unspecified atom stereocenters. The van der Waals surface area contributed by atoms with Crippen LogP contribution in [0.1, 0.15) is 47.1 Å². The van der Waals surface area contributed by atoms with Crippen LogP contribution in [0, 0.1) is 17.2 Å². The molecule has 1 nitrogen and oxygen atoms in total. The van der Waals surface area contributed by atoms with Crippen molar-refractivity contribution in [2.45, 2.75) is 53.5 Å². The van der Waals surface area contributed by atoms with Crippen molar-refractivity contribution in [3.05, 3.63) is 34.6 Å². The summed E-state index contributed by atoms with van der Waals surface area (Å²) in [7, 11) is 0. The summed E-state index contributed by atoms with van der Waals surface area (Å²) in [6.45, 7) is 13.9. The topological polar surface area (TPSA) is 12.0 Å². The van der Waals surface area contributed by atoms with E-state index in [0.29, 0.717) is 22.9 Å². The molecule has 0 heterocycles. The molecule has 0 amide bonds. The molecule has 1 N–H and O–H groups in total. The minimum Gasteiger partial charge on any atom is -0.312 e. The molecule has 20 heavy (non-hydrogen) atoms. The van der Waals surface area contributed by atoms with Gasteiger partial charge in [-0.25, -0.2) is 4.39 Å². The van der Waals surface area contributed by atoms with E-state index in [9.17, 15) is 4.39 Å². The van der Waals surface area contributed by atoms with E-state index in [-0.39, 0.29) is 16.8 Å². The average Bonchev–Trinajstić information content (AvgIpc) is 2.25. The predicted octanol–water partition coefficient (Wildman–Crippen LogP) is 5.07. The van der Waals surface area contributed by atoms with Gasteiger partial charge in [0.1, 0.15) is 5.82 Å². The van der Waals surface area contributed by atoms with Crippen molar-refractivity contribution in [2.24, 2.45) is 11.3 Å². The SMILES string of the molecule is CC(C)(C)NCC(Cc1cc(Cl)ccc1F)C(C)(C)C. The number of rotatable bonds is 4. The molecule has 0 aliphatic heterocycles. The van der Waals surface area contributed by atoms with Gasteiger partial charge in [-0.3, -0.25) is 0 Å². The Kier molecular flexibility index (Phi) is 5.62. The van der Waals surface area contributed by atoms with Crippen molar-refractivity contribution >= 4 is 11.6 Å². The maximum Gasteiger partial charge on any atom is 0.126 e. The van der Waals surface area contributed by atoms with E-state index in [1.54, 1.807) is 12.1 Å². The summed E-state index contributed by atoms with van der Waals surface area (Å²) in [6.07, 6.45) is 0.693. The van der Waals surface area contributed by atoms with Gasteiger partial charge >= 0.3 is 0 Å². The van der Waals surface area contributed by atoms with E-state index in [4.69, 9.17) is 11.6 Å². The maximum absolute atomic E-state index is 13.9. The molecule has 114 valence electrons. The molecule has 1 aromatic carbocycles. The van der Waals surface area contributed by atoms with Crippen molar-refractivity contribution in [1.82, 2.24) is 5.32 Å². The number of nitrogens with one attached hydrogen (secondary N) is 1. The molecule has 3 heteroatoms. The molecular formula is C17H27ClFN. The zero-order valence-corrected chi connectivity index (χ0v) is 14.2. The third-order valence-electron chi connectivity index (χ3n) is 3.58. The molecule has 0 saturated heterocycles. The first-order valence-electron chi connectivity index (χ1n) is 7.18. The molecule has 0 radical (unpaired) electrons. The summed E-state index contributed by atoms with van der Waals surface area (Å²) >= 11 is 5.98. The number of benzene rings is 1. The molecule has 0 saturated carbocycles. The first-order chi connectivity index (χ1) is 8.99. The smallest absolute Gasteiger partial charge is 0.126 e. The lowest BCUT2D eigenvalue weighted by atomic mass is 9.77. The fraction of sp³-hybridized carbons (Fsp3) is 0.647. The van der Waals surface area contributed by atoms with E-state index in [1.165, 1.54) is 6.07 Å². The van der Waals surface area contributed by atoms with Crippen LogP contribution in [0.2, 0.25) is 5.02 Å². The molecule has 0 fully saturated rings. The van der Waals surface area contributed by atoms with Crippen molar-refractivity contribution in [3.8, 4) is 0 Å². The molecule has 0 bridgehead atoms. The lowest BCUT2D eigenvalue weighted by molar-refractivity contribution is 0.212. The second-order valence-electron chi connectivity index (χ2n) is 7.63. The Hall–Kier alpha value is -0.600. The minimum atomic E-state index is -0.167. The van der Waals surface area contributed by atoms with E-state index in [1.807, 2.05) is 0 Å². The van der Waals surface area contributed by atoms with Gasteiger partial charge in [0.15, 0.2) is 0 Å². The lowest BCUT2D eigenvalue weighted by Gasteiger charge is -2.34. The minimum absolute atomic E-state index is 0.0659. The third kappa shape index (κ3) is 5.80. The standard InChI is InChI=1S/C17H27ClFN/c1-16(2,3)13(11-20-17(4,5)6)9-12-10-14(18)7-8-15(12)19/h7-8,10,13,20H,9,11H2,1-6H3. The van der Waals surface area contributed by atoms with Gasteiger partial charge in [-0.2, -0.15) is 0 Å². The van der Waals surface area contributed by atoms with Crippen LogP contribution in [0.15, 0.2) is 18.2 Å². The summed E-state index contributed by atoms with van der Waals surface area (Å²) < 4.78 is 13.9. The second kappa shape index (κ2) is 6.44. The predicted molar refractivity (Wildman–Crippen MR) is 85.8 cm³/mol. The molecule has 0 aliphatic rings. The summed E-state index contributed by atoms with van der Waals surface area (Å²) in [5.74, 6) is 0.175. The van der Waals surface area contributed by atoms with Gasteiger partial charge in [0.25, 0.3) is 0 Å². The van der Waals surface area contributed by atoms with Gasteiger partial charge in [-0.05, 0) is 68.8 Å². The largest absolute Gasteiger partial charge is 0.312 e. The second-order valence-corrected chi connectivity index (χ2v) is 8.07. The van der Waals surface area contributed by atoms with Gasteiger partial charge in [0.2, 0.25) is 0 Å². The number of halogens is 2. The lowest BCUT2D eigenvalue weighted by Crippen LogP contribution is -2.42. The summed E-state index contributed by atoms with van der Waals surface area (Å²) in [5.41, 5.74) is 0.872. The quantitative estimate of drug-likeness (QED) is 0.818. The molecule has 0 aliphatic carbocycles. The van der Waals surface area contributed by atoms with Crippen LogP contribution in [0.25, 0.3) is 0 Å². The fourth-order valence-corrected chi connectivity index (χ4v) is 2.27. The van der Waals surface area contributed by atoms with Crippen LogP contribution in [0.4, 0.5) is 4.39 Å². The van der Waals surface area contributed by atoms with Crippen LogP contribution in [-0.2, 0) is 6.42 Å². The molecule has 0 aromatic heterocycles. The Morgan fingerprint density at radius 2 is 1.75 bits per heavy atom.